The molecule has 1 aliphatic heterocycles. The first-order valence-corrected chi connectivity index (χ1v) is 10.6. The van der Waals surface area contributed by atoms with E-state index in [4.69, 9.17) is 9.47 Å². The van der Waals surface area contributed by atoms with Gasteiger partial charge in [0, 0.05) is 42.9 Å². The van der Waals surface area contributed by atoms with E-state index in [0.717, 1.165) is 6.07 Å². The lowest BCUT2D eigenvalue weighted by Crippen LogP contribution is -2.46. The molecule has 0 aliphatic carbocycles. The number of imidazole rings is 1. The average Bonchev–Trinajstić information content (AvgIpc) is 3.20. The Morgan fingerprint density at radius 2 is 2.09 bits per heavy atom. The number of aromatic nitrogens is 2. The summed E-state index contributed by atoms with van der Waals surface area (Å²) in [6, 6.07) is 6.52. The van der Waals surface area contributed by atoms with Gasteiger partial charge in [-0.2, -0.15) is 0 Å². The number of carbonyl (C=O) groups excluding carboxylic acids is 2. The number of hydrogen-bond donors (Lipinski definition) is 1. The van der Waals surface area contributed by atoms with Crippen molar-refractivity contribution in [1.29, 1.82) is 0 Å². The summed E-state index contributed by atoms with van der Waals surface area (Å²) >= 11 is 0. The maximum atomic E-state index is 15.1. The minimum absolute atomic E-state index is 0.116. The molecule has 3 heterocycles. The van der Waals surface area contributed by atoms with Crippen molar-refractivity contribution in [3.63, 3.8) is 0 Å². The normalized spacial score (nSPS) is 16.2. The van der Waals surface area contributed by atoms with Crippen LogP contribution in [0.4, 0.5) is 18.0 Å². The summed E-state index contributed by atoms with van der Waals surface area (Å²) in [6.45, 7) is 0.902. The third-order valence-electron chi connectivity index (χ3n) is 5.71. The van der Waals surface area contributed by atoms with E-state index in [-0.39, 0.29) is 47.6 Å². The van der Waals surface area contributed by atoms with Crippen LogP contribution in [0.1, 0.15) is 28.0 Å². The smallest absolute Gasteiger partial charge is 0.409 e. The minimum atomic E-state index is -2.69. The van der Waals surface area contributed by atoms with E-state index in [1.54, 1.807) is 4.40 Å². The van der Waals surface area contributed by atoms with E-state index in [2.05, 4.69) is 10.3 Å². The number of ether oxygens (including phenoxy) is 2. The van der Waals surface area contributed by atoms with Crippen molar-refractivity contribution in [3.05, 3.63) is 59.2 Å². The average molecular weight is 476 g/mol. The maximum Gasteiger partial charge on any atom is 0.409 e. The zero-order valence-corrected chi connectivity index (χ0v) is 18.6. The summed E-state index contributed by atoms with van der Waals surface area (Å²) in [6.07, 6.45) is -1.93. The molecule has 1 aromatic carbocycles. The Hall–Kier alpha value is -3.60. The van der Waals surface area contributed by atoms with Gasteiger partial charge in [-0.05, 0) is 30.3 Å². The number of carbonyl (C=O) groups is 2. The van der Waals surface area contributed by atoms with Crippen molar-refractivity contribution in [2.24, 2.45) is 0 Å². The summed E-state index contributed by atoms with van der Waals surface area (Å²) < 4.78 is 53.8. The third-order valence-corrected chi connectivity index (χ3v) is 5.71. The fourth-order valence-corrected chi connectivity index (χ4v) is 4.00. The predicted octanol–water partition coefficient (Wildman–Crippen LogP) is 3.45. The second-order valence-corrected chi connectivity index (χ2v) is 7.78. The number of alkyl halides is 2. The highest BCUT2D eigenvalue weighted by Gasteiger charge is 2.28. The Kier molecular flexibility index (Phi) is 6.73. The highest BCUT2D eigenvalue weighted by molar-refractivity contribution is 5.94. The minimum Gasteiger partial charge on any atom is -0.453 e. The largest absolute Gasteiger partial charge is 0.453 e. The molecule has 8 nitrogen and oxygen atoms in total. The Labute approximate surface area is 193 Å². The molecule has 0 saturated carbocycles. The van der Waals surface area contributed by atoms with Gasteiger partial charge < -0.3 is 24.1 Å². The Balaban J connectivity index is 1.77. The van der Waals surface area contributed by atoms with E-state index in [1.165, 1.54) is 49.5 Å². The molecule has 0 unspecified atom stereocenters. The number of nitrogens with one attached hydrogen (secondary N) is 1. The van der Waals surface area contributed by atoms with Crippen LogP contribution in [0.5, 0.6) is 0 Å². The van der Waals surface area contributed by atoms with Gasteiger partial charge in [0.15, 0.2) is 0 Å². The molecular formula is C23H23F3N4O4. The van der Waals surface area contributed by atoms with Crippen molar-refractivity contribution >= 4 is 17.6 Å². The highest BCUT2D eigenvalue weighted by atomic mass is 19.3. The van der Waals surface area contributed by atoms with E-state index in [9.17, 15) is 18.4 Å². The molecule has 1 N–H and O–H groups in total. The number of benzene rings is 1. The molecule has 34 heavy (non-hydrogen) atoms. The number of amides is 2. The van der Waals surface area contributed by atoms with Gasteiger partial charge in [-0.25, -0.2) is 22.9 Å². The van der Waals surface area contributed by atoms with Crippen LogP contribution in [0.25, 0.3) is 16.9 Å². The number of hydrogen-bond acceptors (Lipinski definition) is 5. The first kappa shape index (κ1) is 23.6. The zero-order valence-electron chi connectivity index (χ0n) is 18.6. The number of fused-ring (bicyclic) bond motifs is 1. The van der Waals surface area contributed by atoms with Gasteiger partial charge in [0.25, 0.3) is 12.3 Å². The molecular weight excluding hydrogens is 453 g/mol. The summed E-state index contributed by atoms with van der Waals surface area (Å²) in [5.41, 5.74) is 1.03. The van der Waals surface area contributed by atoms with Crippen LogP contribution in [0.15, 0.2) is 36.5 Å². The molecule has 0 radical (unpaired) electrons. The van der Waals surface area contributed by atoms with Gasteiger partial charge in [0.05, 0.1) is 37.8 Å². The molecule has 4 rings (SSSR count). The predicted molar refractivity (Wildman–Crippen MR) is 116 cm³/mol. The monoisotopic (exact) mass is 476 g/mol. The quantitative estimate of drug-likeness (QED) is 0.610. The van der Waals surface area contributed by atoms with Gasteiger partial charge in [0.2, 0.25) is 0 Å². The van der Waals surface area contributed by atoms with E-state index >= 15 is 4.39 Å². The van der Waals surface area contributed by atoms with Crippen LogP contribution < -0.4 is 5.32 Å². The van der Waals surface area contributed by atoms with Crippen molar-refractivity contribution in [2.45, 2.75) is 19.0 Å². The van der Waals surface area contributed by atoms with Crippen LogP contribution in [0.2, 0.25) is 0 Å². The summed E-state index contributed by atoms with van der Waals surface area (Å²) in [5, 5.41) is 2.43. The van der Waals surface area contributed by atoms with Gasteiger partial charge in [-0.3, -0.25) is 4.79 Å². The summed E-state index contributed by atoms with van der Waals surface area (Å²) in [7, 11) is 2.73. The first-order chi connectivity index (χ1) is 16.3. The standard InChI is InChI=1S/C23H23F3N4O4/c1-27-22(31)14-3-4-16(17(24)9-14)20-18(11-15-12-29(7-8-34-15)23(32)33-2)30-6-5-13(21(25)26)10-19(30)28-20/h3-6,9-10,15,21H,7-8,11-12H2,1-2H3,(H,27,31)/t15-/m0/s1. The molecule has 0 spiro atoms. The third kappa shape index (κ3) is 4.56. The zero-order chi connectivity index (χ0) is 24.4. The molecule has 2 aromatic heterocycles. The number of methoxy groups -OCH3 is 1. The van der Waals surface area contributed by atoms with E-state index in [0.29, 0.717) is 12.2 Å². The van der Waals surface area contributed by atoms with Crippen LogP contribution in [0, 0.1) is 5.82 Å². The van der Waals surface area contributed by atoms with Crippen molar-refractivity contribution in [3.8, 4) is 11.3 Å². The Bertz CT molecular complexity index is 1230. The fourth-order valence-electron chi connectivity index (χ4n) is 4.00. The van der Waals surface area contributed by atoms with Crippen LogP contribution in [-0.2, 0) is 15.9 Å². The number of pyridine rings is 1. The summed E-state index contributed by atoms with van der Waals surface area (Å²) in [4.78, 5) is 29.8. The Morgan fingerprint density at radius 3 is 2.76 bits per heavy atom. The van der Waals surface area contributed by atoms with E-state index in [1.807, 2.05) is 0 Å². The lowest BCUT2D eigenvalue weighted by Gasteiger charge is -2.32. The molecule has 1 fully saturated rings. The molecule has 2 amide bonds. The molecule has 11 heteroatoms. The second kappa shape index (κ2) is 9.72. The molecule has 1 saturated heterocycles. The fraction of sp³-hybridized carbons (Fsp3) is 0.348. The van der Waals surface area contributed by atoms with Crippen molar-refractivity contribution in [2.75, 3.05) is 33.9 Å². The molecule has 180 valence electrons. The molecule has 1 atom stereocenters. The molecule has 0 bridgehead atoms. The van der Waals surface area contributed by atoms with Gasteiger partial charge in [-0.15, -0.1) is 0 Å². The van der Waals surface area contributed by atoms with Crippen molar-refractivity contribution in [1.82, 2.24) is 19.6 Å². The molecule has 3 aromatic rings. The number of morpholine rings is 1. The topological polar surface area (TPSA) is 85.2 Å². The van der Waals surface area contributed by atoms with Crippen LogP contribution >= 0.6 is 0 Å². The van der Waals surface area contributed by atoms with Crippen molar-refractivity contribution < 1.29 is 32.2 Å². The first-order valence-electron chi connectivity index (χ1n) is 10.6. The van der Waals surface area contributed by atoms with E-state index < -0.39 is 30.3 Å². The SMILES string of the molecule is CNC(=O)c1ccc(-c2nc3cc(C(F)F)ccn3c2C[C@H]2CN(C(=O)OC)CCO2)c(F)c1. The second-order valence-electron chi connectivity index (χ2n) is 7.78. The Morgan fingerprint density at radius 1 is 1.29 bits per heavy atom. The number of rotatable bonds is 5. The lowest BCUT2D eigenvalue weighted by molar-refractivity contribution is -0.0241. The number of halogens is 3. The van der Waals surface area contributed by atoms with Crippen LogP contribution in [-0.4, -0.2) is 66.2 Å². The highest BCUT2D eigenvalue weighted by Crippen LogP contribution is 2.31. The lowest BCUT2D eigenvalue weighted by atomic mass is 10.0. The molecule has 1 aliphatic rings. The van der Waals surface area contributed by atoms with Gasteiger partial charge >= 0.3 is 6.09 Å². The van der Waals surface area contributed by atoms with Gasteiger partial charge in [-0.1, -0.05) is 0 Å². The summed E-state index contributed by atoms with van der Waals surface area (Å²) in [5.74, 6) is -1.12. The van der Waals surface area contributed by atoms with Crippen LogP contribution in [0.3, 0.4) is 0 Å². The number of nitrogens with zero attached hydrogens (tertiary/aromatic N) is 3. The van der Waals surface area contributed by atoms with Gasteiger partial charge in [0.1, 0.15) is 11.5 Å². The maximum absolute atomic E-state index is 15.1.